The fourth-order valence-electron chi connectivity index (χ4n) is 5.07. The van der Waals surface area contributed by atoms with E-state index in [4.69, 9.17) is 20.9 Å². The number of nitrogens with two attached hydrogens (primary N) is 2. The predicted octanol–water partition coefficient (Wildman–Crippen LogP) is 1.05. The molecule has 2 fully saturated rings. The van der Waals surface area contributed by atoms with Gasteiger partial charge in [0.05, 0.1) is 26.4 Å². The van der Waals surface area contributed by atoms with Crippen molar-refractivity contribution in [3.63, 3.8) is 0 Å². The Labute approximate surface area is 286 Å². The molecule has 2 aromatic heterocycles. The second-order valence-corrected chi connectivity index (χ2v) is 13.7. The van der Waals surface area contributed by atoms with Crippen LogP contribution in [-0.4, -0.2) is 108 Å². The fraction of sp³-hybridized carbons (Fsp3) is 0.286. The zero-order valence-corrected chi connectivity index (χ0v) is 27.8. The molecule has 2 aliphatic heterocycles. The third kappa shape index (κ3) is 8.47. The van der Waals surface area contributed by atoms with Crippen LogP contribution in [0.2, 0.25) is 0 Å². The summed E-state index contributed by atoms with van der Waals surface area (Å²) in [5.41, 5.74) is 12.1. The molecule has 264 valence electrons. The summed E-state index contributed by atoms with van der Waals surface area (Å²) >= 11 is 0. The lowest BCUT2D eigenvalue weighted by molar-refractivity contribution is 0.122. The SMILES string of the molecule is Nc1nc(Nc2ccc(C=Cc3ccc(Nc4nc(N)nc(N5CCOCC5)n4)cc3S(=O)(=O)O)c(S(=O)(=O)O)c2)nc(N2CCOCC2)n1. The van der Waals surface area contributed by atoms with Crippen molar-refractivity contribution in [3.8, 4) is 0 Å². The summed E-state index contributed by atoms with van der Waals surface area (Å²) < 4.78 is 80.5. The van der Waals surface area contributed by atoms with Crippen molar-refractivity contribution in [2.24, 2.45) is 0 Å². The maximum Gasteiger partial charge on any atom is 0.295 e. The van der Waals surface area contributed by atoms with Crippen LogP contribution in [0.15, 0.2) is 46.2 Å². The lowest BCUT2D eigenvalue weighted by atomic mass is 10.1. The van der Waals surface area contributed by atoms with E-state index in [1.54, 1.807) is 0 Å². The van der Waals surface area contributed by atoms with Gasteiger partial charge in [0.15, 0.2) is 0 Å². The molecule has 0 saturated carbocycles. The lowest BCUT2D eigenvalue weighted by Gasteiger charge is -2.26. The first-order chi connectivity index (χ1) is 23.8. The minimum absolute atomic E-state index is 0.00186. The standard InChI is InChI=1S/C28H32N12O8S2/c29-23-33-25(37-27(35-23)39-7-11-47-12-8-39)31-19-5-3-17(21(15-19)49(41,42)43)1-2-18-4-6-20(16-22(18)50(44,45)46)32-26-34-24(30)36-28(38-26)40-9-13-48-14-10-40/h1-6,15-16H,7-14H2,(H,41,42,43)(H,44,45,46)(H3,29,31,33,35,37)(H3,30,32,34,36,38). The van der Waals surface area contributed by atoms with Gasteiger partial charge in [0.1, 0.15) is 9.79 Å². The second kappa shape index (κ2) is 14.3. The van der Waals surface area contributed by atoms with E-state index in [-0.39, 0.29) is 46.3 Å². The summed E-state index contributed by atoms with van der Waals surface area (Å²) in [5, 5.41) is 5.74. The van der Waals surface area contributed by atoms with Gasteiger partial charge >= 0.3 is 0 Å². The molecule has 4 aromatic rings. The number of nitrogen functional groups attached to an aromatic ring is 2. The van der Waals surface area contributed by atoms with E-state index in [2.05, 4.69) is 40.5 Å². The van der Waals surface area contributed by atoms with Crippen molar-refractivity contribution >= 4 is 79.5 Å². The van der Waals surface area contributed by atoms with Gasteiger partial charge in [-0.3, -0.25) is 9.11 Å². The zero-order chi connectivity index (χ0) is 35.5. The van der Waals surface area contributed by atoms with Crippen molar-refractivity contribution < 1.29 is 35.4 Å². The van der Waals surface area contributed by atoms with Crippen LogP contribution in [0.25, 0.3) is 12.2 Å². The molecular weight excluding hydrogens is 697 g/mol. The van der Waals surface area contributed by atoms with Gasteiger partial charge in [0.2, 0.25) is 35.7 Å². The van der Waals surface area contributed by atoms with Gasteiger partial charge in [0, 0.05) is 37.6 Å². The number of nitrogens with one attached hydrogen (secondary N) is 2. The molecule has 22 heteroatoms. The summed E-state index contributed by atoms with van der Waals surface area (Å²) in [4.78, 5) is 27.9. The molecule has 0 radical (unpaired) electrons. The average molecular weight is 729 g/mol. The Morgan fingerprint density at radius 3 is 1.36 bits per heavy atom. The van der Waals surface area contributed by atoms with Crippen molar-refractivity contribution in [1.29, 1.82) is 0 Å². The van der Waals surface area contributed by atoms with Crippen molar-refractivity contribution in [2.45, 2.75) is 9.79 Å². The molecule has 0 bridgehead atoms. The Morgan fingerprint density at radius 2 is 1.00 bits per heavy atom. The molecule has 0 spiro atoms. The van der Waals surface area contributed by atoms with Gasteiger partial charge in [-0.1, -0.05) is 24.3 Å². The first-order valence-corrected chi connectivity index (χ1v) is 17.8. The molecule has 0 unspecified atom stereocenters. The van der Waals surface area contributed by atoms with Gasteiger partial charge in [-0.25, -0.2) is 0 Å². The third-order valence-corrected chi connectivity index (χ3v) is 9.23. The summed E-state index contributed by atoms with van der Waals surface area (Å²) in [5.74, 6) is 0.557. The minimum atomic E-state index is -4.79. The van der Waals surface area contributed by atoms with Crippen LogP contribution in [0, 0.1) is 0 Å². The maximum atomic E-state index is 12.4. The highest BCUT2D eigenvalue weighted by atomic mass is 32.2. The van der Waals surface area contributed by atoms with Crippen LogP contribution in [0.3, 0.4) is 0 Å². The van der Waals surface area contributed by atoms with E-state index >= 15 is 0 Å². The number of ether oxygens (including phenoxy) is 2. The molecular formula is C28H32N12O8S2. The van der Waals surface area contributed by atoms with Gasteiger partial charge in [-0.2, -0.15) is 46.7 Å². The monoisotopic (exact) mass is 728 g/mol. The van der Waals surface area contributed by atoms with E-state index < -0.39 is 30.0 Å². The van der Waals surface area contributed by atoms with E-state index in [0.29, 0.717) is 64.5 Å². The van der Waals surface area contributed by atoms with Crippen LogP contribution in [0.5, 0.6) is 0 Å². The Kier molecular flexibility index (Phi) is 9.90. The molecule has 0 amide bonds. The number of anilines is 8. The van der Waals surface area contributed by atoms with Gasteiger partial charge < -0.3 is 41.4 Å². The van der Waals surface area contributed by atoms with E-state index in [0.717, 1.165) is 12.1 Å². The number of rotatable bonds is 10. The van der Waals surface area contributed by atoms with Gasteiger partial charge in [0.25, 0.3) is 20.2 Å². The highest BCUT2D eigenvalue weighted by Gasteiger charge is 2.21. The molecule has 2 saturated heterocycles. The quantitative estimate of drug-likeness (QED) is 0.0982. The van der Waals surface area contributed by atoms with E-state index in [9.17, 15) is 25.9 Å². The Morgan fingerprint density at radius 1 is 0.620 bits per heavy atom. The van der Waals surface area contributed by atoms with Crippen LogP contribution < -0.4 is 31.9 Å². The molecule has 20 nitrogen and oxygen atoms in total. The molecule has 8 N–H and O–H groups in total. The highest BCUT2D eigenvalue weighted by molar-refractivity contribution is 7.86. The number of aromatic nitrogens is 6. The van der Waals surface area contributed by atoms with Gasteiger partial charge in [-0.15, -0.1) is 0 Å². The molecule has 2 aromatic carbocycles. The normalized spacial score (nSPS) is 15.7. The maximum absolute atomic E-state index is 12.4. The Balaban J connectivity index is 1.26. The first kappa shape index (κ1) is 34.6. The van der Waals surface area contributed by atoms with E-state index in [1.165, 1.54) is 36.4 Å². The van der Waals surface area contributed by atoms with Crippen LogP contribution in [0.1, 0.15) is 11.1 Å². The molecule has 2 aliphatic rings. The molecule has 50 heavy (non-hydrogen) atoms. The minimum Gasteiger partial charge on any atom is -0.378 e. The molecule has 0 atom stereocenters. The summed E-state index contributed by atoms with van der Waals surface area (Å²) in [6.45, 7) is 4.11. The van der Waals surface area contributed by atoms with Crippen molar-refractivity contribution in [2.75, 3.05) is 84.5 Å². The molecule has 4 heterocycles. The summed E-state index contributed by atoms with van der Waals surface area (Å²) in [7, 11) is -9.58. The zero-order valence-electron chi connectivity index (χ0n) is 26.2. The third-order valence-electron chi connectivity index (χ3n) is 7.41. The smallest absolute Gasteiger partial charge is 0.295 e. The van der Waals surface area contributed by atoms with Gasteiger partial charge in [-0.05, 0) is 35.4 Å². The lowest BCUT2D eigenvalue weighted by Crippen LogP contribution is -2.37. The Hall–Kier alpha value is -5.26. The summed E-state index contributed by atoms with van der Waals surface area (Å²) in [6, 6.07) is 8.01. The van der Waals surface area contributed by atoms with Crippen molar-refractivity contribution in [3.05, 3.63) is 47.5 Å². The molecule has 6 rings (SSSR count). The topological polar surface area (TPSA) is 287 Å². The van der Waals surface area contributed by atoms with E-state index in [1.807, 2.05) is 9.80 Å². The van der Waals surface area contributed by atoms with Crippen LogP contribution in [-0.2, 0) is 29.7 Å². The molecule has 0 aliphatic carbocycles. The fourth-order valence-corrected chi connectivity index (χ4v) is 6.49. The van der Waals surface area contributed by atoms with Crippen LogP contribution in [0.4, 0.5) is 47.1 Å². The largest absolute Gasteiger partial charge is 0.378 e. The number of hydrogen-bond donors (Lipinski definition) is 6. The van der Waals surface area contributed by atoms with Crippen molar-refractivity contribution in [1.82, 2.24) is 29.9 Å². The predicted molar refractivity (Wildman–Crippen MR) is 183 cm³/mol. The number of nitrogens with zero attached hydrogens (tertiary/aromatic N) is 8. The number of hydrogen-bond acceptors (Lipinski definition) is 18. The highest BCUT2D eigenvalue weighted by Crippen LogP contribution is 2.28. The van der Waals surface area contributed by atoms with Crippen LogP contribution >= 0.6 is 0 Å². The Bertz CT molecular complexity index is 1990. The summed E-state index contributed by atoms with van der Waals surface area (Å²) in [6.07, 6.45) is 2.53. The number of benzene rings is 2. The second-order valence-electron chi connectivity index (χ2n) is 10.9. The first-order valence-electron chi connectivity index (χ1n) is 15.0. The number of morpholine rings is 2. The average Bonchev–Trinajstić information content (AvgIpc) is 3.07.